The van der Waals surface area contributed by atoms with Gasteiger partial charge < -0.3 is 14.8 Å². The van der Waals surface area contributed by atoms with Crippen molar-refractivity contribution in [3.05, 3.63) is 65.2 Å². The van der Waals surface area contributed by atoms with Crippen molar-refractivity contribution < 1.29 is 19.1 Å². The second-order valence-electron chi connectivity index (χ2n) is 5.39. The molecule has 0 aliphatic heterocycles. The minimum Gasteiger partial charge on any atom is -0.497 e. The van der Waals surface area contributed by atoms with Crippen molar-refractivity contribution in [1.82, 2.24) is 5.32 Å². The number of esters is 1. The number of ether oxygens (including phenoxy) is 2. The molecule has 0 bridgehead atoms. The van der Waals surface area contributed by atoms with Gasteiger partial charge in [0, 0.05) is 12.1 Å². The average molecular weight is 327 g/mol. The second-order valence-corrected chi connectivity index (χ2v) is 5.39. The molecule has 2 rings (SSSR count). The van der Waals surface area contributed by atoms with Crippen LogP contribution in [0, 0.1) is 6.92 Å². The third-order valence-corrected chi connectivity index (χ3v) is 3.43. The molecule has 0 spiro atoms. The van der Waals surface area contributed by atoms with Gasteiger partial charge in [-0.15, -0.1) is 0 Å². The van der Waals surface area contributed by atoms with Crippen LogP contribution < -0.4 is 10.1 Å². The fraction of sp³-hybridized carbons (Fsp3) is 0.263. The maximum Gasteiger partial charge on any atom is 0.307 e. The number of carbonyl (C=O) groups is 2. The number of nitrogens with one attached hydrogen (secondary N) is 1. The summed E-state index contributed by atoms with van der Waals surface area (Å²) in [7, 11) is 1.59. The van der Waals surface area contributed by atoms with Crippen LogP contribution in [0.5, 0.6) is 5.75 Å². The van der Waals surface area contributed by atoms with Gasteiger partial charge >= 0.3 is 5.97 Å². The monoisotopic (exact) mass is 327 g/mol. The molecule has 0 atom stereocenters. The maximum absolute atomic E-state index is 12.0. The van der Waals surface area contributed by atoms with Gasteiger partial charge in [0.2, 0.25) is 0 Å². The van der Waals surface area contributed by atoms with Crippen LogP contribution in [-0.4, -0.2) is 25.5 Å². The van der Waals surface area contributed by atoms with Crippen LogP contribution in [0.4, 0.5) is 0 Å². The van der Waals surface area contributed by atoms with Gasteiger partial charge in [-0.05, 0) is 36.8 Å². The second kappa shape index (κ2) is 8.72. The molecular weight excluding hydrogens is 306 g/mol. The summed E-state index contributed by atoms with van der Waals surface area (Å²) in [5.74, 6) is 0.163. The van der Waals surface area contributed by atoms with E-state index in [1.54, 1.807) is 19.2 Å². The van der Waals surface area contributed by atoms with Crippen molar-refractivity contribution in [1.29, 1.82) is 0 Å². The summed E-state index contributed by atoms with van der Waals surface area (Å²) < 4.78 is 10.3. The Bertz CT molecular complexity index is 712. The van der Waals surface area contributed by atoms with E-state index in [4.69, 9.17) is 9.47 Å². The van der Waals surface area contributed by atoms with E-state index in [2.05, 4.69) is 5.32 Å². The van der Waals surface area contributed by atoms with Gasteiger partial charge in [-0.2, -0.15) is 0 Å². The number of hydrogen-bond donors (Lipinski definition) is 1. The summed E-state index contributed by atoms with van der Waals surface area (Å²) in [6.07, 6.45) is 0.127. The summed E-state index contributed by atoms with van der Waals surface area (Å²) in [5, 5.41) is 2.71. The summed E-state index contributed by atoms with van der Waals surface area (Å²) in [4.78, 5) is 23.7. The quantitative estimate of drug-likeness (QED) is 0.794. The average Bonchev–Trinajstić information content (AvgIpc) is 2.60. The molecule has 0 unspecified atom stereocenters. The Labute approximate surface area is 141 Å². The minimum absolute atomic E-state index is 0.127. The standard InChI is InChI=1S/C19H21NO4/c1-14-5-3-7-16(11-14)19(22)20-10-9-18(21)24-13-15-6-4-8-17(12-15)23-2/h3-8,11-12H,9-10,13H2,1-2H3,(H,20,22). The van der Waals surface area contributed by atoms with Crippen LogP contribution in [-0.2, 0) is 16.1 Å². The van der Waals surface area contributed by atoms with E-state index in [0.29, 0.717) is 11.3 Å². The smallest absolute Gasteiger partial charge is 0.307 e. The first-order valence-electron chi connectivity index (χ1n) is 7.72. The van der Waals surface area contributed by atoms with Crippen molar-refractivity contribution in [2.45, 2.75) is 20.0 Å². The molecule has 5 nitrogen and oxygen atoms in total. The van der Waals surface area contributed by atoms with Gasteiger partial charge in [-0.3, -0.25) is 9.59 Å². The fourth-order valence-corrected chi connectivity index (χ4v) is 2.16. The zero-order chi connectivity index (χ0) is 17.4. The number of benzene rings is 2. The van der Waals surface area contributed by atoms with Crippen molar-refractivity contribution in [2.75, 3.05) is 13.7 Å². The summed E-state index contributed by atoms with van der Waals surface area (Å²) in [5.41, 5.74) is 2.45. The molecule has 0 radical (unpaired) electrons. The van der Waals surface area contributed by atoms with E-state index < -0.39 is 0 Å². The first-order chi connectivity index (χ1) is 11.6. The van der Waals surface area contributed by atoms with Crippen LogP contribution in [0.3, 0.4) is 0 Å². The first-order valence-corrected chi connectivity index (χ1v) is 7.72. The number of hydrogen-bond acceptors (Lipinski definition) is 4. The molecular formula is C19H21NO4. The predicted octanol–water partition coefficient (Wildman–Crippen LogP) is 2.87. The molecule has 0 aliphatic carbocycles. The molecule has 1 amide bonds. The molecule has 24 heavy (non-hydrogen) atoms. The van der Waals surface area contributed by atoms with Crippen LogP contribution in [0.15, 0.2) is 48.5 Å². The Morgan fingerprint density at radius 1 is 1.08 bits per heavy atom. The first kappa shape index (κ1) is 17.5. The zero-order valence-corrected chi connectivity index (χ0v) is 13.9. The van der Waals surface area contributed by atoms with Crippen LogP contribution in [0.2, 0.25) is 0 Å². The van der Waals surface area contributed by atoms with E-state index in [1.165, 1.54) is 0 Å². The van der Waals surface area contributed by atoms with Crippen molar-refractivity contribution in [3.8, 4) is 5.75 Å². The lowest BCUT2D eigenvalue weighted by Gasteiger charge is -2.08. The number of amides is 1. The fourth-order valence-electron chi connectivity index (χ4n) is 2.16. The Hall–Kier alpha value is -2.82. The molecule has 2 aromatic rings. The highest BCUT2D eigenvalue weighted by Gasteiger charge is 2.08. The third kappa shape index (κ3) is 5.43. The molecule has 0 saturated carbocycles. The van der Waals surface area contributed by atoms with Gasteiger partial charge in [0.05, 0.1) is 13.5 Å². The lowest BCUT2D eigenvalue weighted by Crippen LogP contribution is -2.26. The van der Waals surface area contributed by atoms with Crippen LogP contribution in [0.25, 0.3) is 0 Å². The van der Waals surface area contributed by atoms with Gasteiger partial charge in [0.15, 0.2) is 0 Å². The predicted molar refractivity (Wildman–Crippen MR) is 90.9 cm³/mol. The molecule has 0 heterocycles. The highest BCUT2D eigenvalue weighted by molar-refractivity contribution is 5.94. The number of carbonyl (C=O) groups excluding carboxylic acids is 2. The number of rotatable bonds is 7. The Morgan fingerprint density at radius 3 is 2.62 bits per heavy atom. The molecule has 0 aliphatic rings. The van der Waals surface area contributed by atoms with E-state index in [0.717, 1.165) is 11.1 Å². The lowest BCUT2D eigenvalue weighted by molar-refractivity contribution is -0.144. The van der Waals surface area contributed by atoms with E-state index in [9.17, 15) is 9.59 Å². The highest BCUT2D eigenvalue weighted by atomic mass is 16.5. The summed E-state index contributed by atoms with van der Waals surface area (Å²) in [6, 6.07) is 14.6. The SMILES string of the molecule is COc1cccc(COC(=O)CCNC(=O)c2cccc(C)c2)c1. The molecule has 126 valence electrons. The zero-order valence-electron chi connectivity index (χ0n) is 13.9. The number of methoxy groups -OCH3 is 1. The maximum atomic E-state index is 12.0. The normalized spacial score (nSPS) is 10.1. The van der Waals surface area contributed by atoms with Gasteiger partial charge in [-0.25, -0.2) is 0 Å². The van der Waals surface area contributed by atoms with E-state index in [1.807, 2.05) is 43.3 Å². The highest BCUT2D eigenvalue weighted by Crippen LogP contribution is 2.13. The minimum atomic E-state index is -0.359. The van der Waals surface area contributed by atoms with Crippen molar-refractivity contribution in [3.63, 3.8) is 0 Å². The Morgan fingerprint density at radius 2 is 1.88 bits per heavy atom. The summed E-state index contributed by atoms with van der Waals surface area (Å²) in [6.45, 7) is 2.35. The Kier molecular flexibility index (Phi) is 6.37. The van der Waals surface area contributed by atoms with E-state index in [-0.39, 0.29) is 31.4 Å². The molecule has 5 heteroatoms. The van der Waals surface area contributed by atoms with Gasteiger partial charge in [-0.1, -0.05) is 29.8 Å². The van der Waals surface area contributed by atoms with E-state index >= 15 is 0 Å². The molecule has 0 aromatic heterocycles. The van der Waals surface area contributed by atoms with Crippen LogP contribution >= 0.6 is 0 Å². The van der Waals surface area contributed by atoms with Gasteiger partial charge in [0.25, 0.3) is 5.91 Å². The molecule has 1 N–H and O–H groups in total. The van der Waals surface area contributed by atoms with Gasteiger partial charge in [0.1, 0.15) is 12.4 Å². The molecule has 0 fully saturated rings. The third-order valence-electron chi connectivity index (χ3n) is 3.43. The molecule has 0 saturated heterocycles. The lowest BCUT2D eigenvalue weighted by atomic mass is 10.1. The number of aryl methyl sites for hydroxylation is 1. The van der Waals surface area contributed by atoms with Crippen molar-refractivity contribution >= 4 is 11.9 Å². The molecule has 2 aromatic carbocycles. The Balaban J connectivity index is 1.72. The summed E-state index contributed by atoms with van der Waals surface area (Å²) >= 11 is 0. The topological polar surface area (TPSA) is 64.6 Å². The van der Waals surface area contributed by atoms with Crippen molar-refractivity contribution in [2.24, 2.45) is 0 Å². The largest absolute Gasteiger partial charge is 0.497 e. The van der Waals surface area contributed by atoms with Crippen LogP contribution in [0.1, 0.15) is 27.9 Å².